The Morgan fingerprint density at radius 2 is 1.55 bits per heavy atom. The SMILES string of the molecule is CCOC(=O)CCCCCCB1OC(C)(C)C(C)(C)O1. The largest absolute Gasteiger partial charge is 0.466 e. The second-order valence-corrected chi connectivity index (χ2v) is 6.44. The number of esters is 1. The summed E-state index contributed by atoms with van der Waals surface area (Å²) < 4.78 is 16.8. The van der Waals surface area contributed by atoms with Gasteiger partial charge in [-0.05, 0) is 47.4 Å². The van der Waals surface area contributed by atoms with Gasteiger partial charge >= 0.3 is 13.1 Å². The minimum atomic E-state index is -0.235. The Morgan fingerprint density at radius 3 is 2.10 bits per heavy atom. The Hall–Kier alpha value is -0.545. The van der Waals surface area contributed by atoms with Crippen molar-refractivity contribution in [2.24, 2.45) is 0 Å². The quantitative estimate of drug-likeness (QED) is 0.388. The van der Waals surface area contributed by atoms with Gasteiger partial charge in [0.15, 0.2) is 0 Å². The van der Waals surface area contributed by atoms with Gasteiger partial charge in [-0.2, -0.15) is 0 Å². The molecule has 0 bridgehead atoms. The molecule has 116 valence electrons. The summed E-state index contributed by atoms with van der Waals surface area (Å²) in [4.78, 5) is 11.2. The molecular formula is C15H29BO4. The van der Waals surface area contributed by atoms with E-state index in [9.17, 15) is 4.79 Å². The molecule has 0 spiro atoms. The second kappa shape index (κ2) is 7.46. The zero-order chi connectivity index (χ0) is 15.2. The van der Waals surface area contributed by atoms with Crippen molar-refractivity contribution < 1.29 is 18.8 Å². The normalized spacial score (nSPS) is 20.1. The fourth-order valence-corrected chi connectivity index (χ4v) is 2.25. The first-order chi connectivity index (χ1) is 9.28. The molecular weight excluding hydrogens is 255 g/mol. The van der Waals surface area contributed by atoms with Crippen molar-refractivity contribution in [3.63, 3.8) is 0 Å². The number of unbranched alkanes of at least 4 members (excludes halogenated alkanes) is 3. The average molecular weight is 284 g/mol. The first-order valence-corrected chi connectivity index (χ1v) is 7.80. The zero-order valence-corrected chi connectivity index (χ0v) is 13.7. The smallest absolute Gasteiger partial charge is 0.457 e. The molecule has 5 heteroatoms. The summed E-state index contributed by atoms with van der Waals surface area (Å²) in [5, 5.41) is 0. The summed E-state index contributed by atoms with van der Waals surface area (Å²) in [6.45, 7) is 10.6. The van der Waals surface area contributed by atoms with Crippen molar-refractivity contribution in [2.75, 3.05) is 6.61 Å². The maximum Gasteiger partial charge on any atom is 0.457 e. The highest BCUT2D eigenvalue weighted by Gasteiger charge is 2.50. The highest BCUT2D eigenvalue weighted by Crippen LogP contribution is 2.38. The molecule has 0 N–H and O–H groups in total. The first-order valence-electron chi connectivity index (χ1n) is 7.80. The molecule has 0 radical (unpaired) electrons. The van der Waals surface area contributed by atoms with Gasteiger partial charge in [0.05, 0.1) is 17.8 Å². The van der Waals surface area contributed by atoms with E-state index in [-0.39, 0.29) is 24.3 Å². The maximum absolute atomic E-state index is 11.2. The number of ether oxygens (including phenoxy) is 1. The monoisotopic (exact) mass is 284 g/mol. The van der Waals surface area contributed by atoms with Crippen LogP contribution in [0.1, 0.15) is 66.7 Å². The molecule has 0 aromatic heterocycles. The summed E-state index contributed by atoms with van der Waals surface area (Å²) in [6, 6.07) is 0. The van der Waals surface area contributed by atoms with E-state index in [1.54, 1.807) is 0 Å². The molecule has 0 aliphatic carbocycles. The van der Waals surface area contributed by atoms with Gasteiger partial charge < -0.3 is 14.0 Å². The Labute approximate surface area is 123 Å². The number of hydrogen-bond acceptors (Lipinski definition) is 4. The van der Waals surface area contributed by atoms with Crippen molar-refractivity contribution in [2.45, 2.75) is 84.2 Å². The second-order valence-electron chi connectivity index (χ2n) is 6.44. The van der Waals surface area contributed by atoms with Crippen LogP contribution >= 0.6 is 0 Å². The fraction of sp³-hybridized carbons (Fsp3) is 0.933. The van der Waals surface area contributed by atoms with Crippen molar-refractivity contribution in [3.8, 4) is 0 Å². The molecule has 0 saturated carbocycles. The van der Waals surface area contributed by atoms with Gasteiger partial charge in [0.2, 0.25) is 0 Å². The van der Waals surface area contributed by atoms with Crippen LogP contribution in [0.25, 0.3) is 0 Å². The number of carbonyl (C=O) groups excluding carboxylic acids is 1. The van der Waals surface area contributed by atoms with Crippen LogP contribution in [0, 0.1) is 0 Å². The molecule has 1 rings (SSSR count). The van der Waals surface area contributed by atoms with Gasteiger partial charge in [0.25, 0.3) is 0 Å². The van der Waals surface area contributed by atoms with Crippen LogP contribution in [-0.4, -0.2) is 30.9 Å². The highest BCUT2D eigenvalue weighted by atomic mass is 16.7. The lowest BCUT2D eigenvalue weighted by atomic mass is 9.82. The summed E-state index contributed by atoms with van der Waals surface area (Å²) in [5.74, 6) is -0.0848. The topological polar surface area (TPSA) is 44.8 Å². The van der Waals surface area contributed by atoms with Gasteiger partial charge in [-0.25, -0.2) is 0 Å². The molecule has 0 aromatic carbocycles. The Balaban J connectivity index is 2.07. The molecule has 1 aliphatic rings. The molecule has 20 heavy (non-hydrogen) atoms. The molecule has 1 fully saturated rings. The van der Waals surface area contributed by atoms with Gasteiger partial charge in [-0.15, -0.1) is 0 Å². The molecule has 0 amide bonds. The molecule has 0 atom stereocenters. The van der Waals surface area contributed by atoms with E-state index >= 15 is 0 Å². The Kier molecular flexibility index (Phi) is 6.53. The van der Waals surface area contributed by atoms with Crippen LogP contribution in [0.4, 0.5) is 0 Å². The van der Waals surface area contributed by atoms with Crippen LogP contribution in [0.2, 0.25) is 6.32 Å². The minimum absolute atomic E-state index is 0.0848. The van der Waals surface area contributed by atoms with Crippen LogP contribution in [-0.2, 0) is 18.8 Å². The van der Waals surface area contributed by atoms with Gasteiger partial charge in [-0.3, -0.25) is 4.79 Å². The summed E-state index contributed by atoms with van der Waals surface area (Å²) in [7, 11) is -0.0925. The third-order valence-corrected chi connectivity index (χ3v) is 4.18. The highest BCUT2D eigenvalue weighted by molar-refractivity contribution is 6.45. The lowest BCUT2D eigenvalue weighted by Gasteiger charge is -2.32. The first kappa shape index (κ1) is 17.5. The average Bonchev–Trinajstić information content (AvgIpc) is 2.52. The molecule has 0 unspecified atom stereocenters. The van der Waals surface area contributed by atoms with E-state index in [4.69, 9.17) is 14.0 Å². The van der Waals surface area contributed by atoms with Crippen molar-refractivity contribution in [1.29, 1.82) is 0 Å². The van der Waals surface area contributed by atoms with Crippen LogP contribution in [0.3, 0.4) is 0 Å². The van der Waals surface area contributed by atoms with Crippen molar-refractivity contribution in [3.05, 3.63) is 0 Å². The molecule has 4 nitrogen and oxygen atoms in total. The minimum Gasteiger partial charge on any atom is -0.466 e. The summed E-state index contributed by atoms with van der Waals surface area (Å²) in [5.41, 5.74) is -0.469. The maximum atomic E-state index is 11.2. The molecule has 1 saturated heterocycles. The van der Waals surface area contributed by atoms with Crippen LogP contribution in [0.15, 0.2) is 0 Å². The van der Waals surface area contributed by atoms with E-state index in [1.165, 1.54) is 0 Å². The van der Waals surface area contributed by atoms with E-state index in [0.717, 1.165) is 32.0 Å². The lowest BCUT2D eigenvalue weighted by Crippen LogP contribution is -2.41. The van der Waals surface area contributed by atoms with E-state index in [2.05, 4.69) is 27.7 Å². The number of hydrogen-bond donors (Lipinski definition) is 0. The zero-order valence-electron chi connectivity index (χ0n) is 13.7. The molecule has 1 heterocycles. The summed E-state index contributed by atoms with van der Waals surface area (Å²) in [6.07, 6.45) is 5.58. The predicted octanol–water partition coefficient (Wildman–Crippen LogP) is 3.59. The van der Waals surface area contributed by atoms with E-state index in [0.29, 0.717) is 13.0 Å². The standard InChI is InChI=1S/C15H29BO4/c1-6-18-13(17)11-9-7-8-10-12-16-19-14(2,3)15(4,5)20-16/h6-12H2,1-5H3. The van der Waals surface area contributed by atoms with Crippen molar-refractivity contribution >= 4 is 13.1 Å². The van der Waals surface area contributed by atoms with E-state index < -0.39 is 0 Å². The number of carbonyl (C=O) groups is 1. The van der Waals surface area contributed by atoms with E-state index in [1.807, 2.05) is 6.92 Å². The number of rotatable bonds is 8. The Morgan fingerprint density at radius 1 is 1.00 bits per heavy atom. The lowest BCUT2D eigenvalue weighted by molar-refractivity contribution is -0.143. The predicted molar refractivity (Wildman–Crippen MR) is 80.6 cm³/mol. The van der Waals surface area contributed by atoms with Gasteiger partial charge in [0, 0.05) is 6.42 Å². The van der Waals surface area contributed by atoms with Crippen LogP contribution < -0.4 is 0 Å². The summed E-state index contributed by atoms with van der Waals surface area (Å²) >= 11 is 0. The van der Waals surface area contributed by atoms with Crippen molar-refractivity contribution in [1.82, 2.24) is 0 Å². The molecule has 0 aromatic rings. The fourth-order valence-electron chi connectivity index (χ4n) is 2.25. The third kappa shape index (κ3) is 5.10. The van der Waals surface area contributed by atoms with Gasteiger partial charge in [-0.1, -0.05) is 19.3 Å². The third-order valence-electron chi connectivity index (χ3n) is 4.18. The Bertz CT molecular complexity index is 299. The molecule has 1 aliphatic heterocycles. The van der Waals surface area contributed by atoms with Crippen LogP contribution in [0.5, 0.6) is 0 Å². The van der Waals surface area contributed by atoms with Gasteiger partial charge in [0.1, 0.15) is 0 Å².